The summed E-state index contributed by atoms with van der Waals surface area (Å²) in [6.45, 7) is 7.09. The quantitative estimate of drug-likeness (QED) is 0.667. The first-order valence-electron chi connectivity index (χ1n) is 8.15. The molecule has 0 unspecified atom stereocenters. The smallest absolute Gasteiger partial charge is 0.330 e. The predicted molar refractivity (Wildman–Crippen MR) is 92.0 cm³/mol. The number of nitrogens with zero attached hydrogens (tertiary/aromatic N) is 2. The number of aromatic amines is 1. The molecule has 130 valence electrons. The van der Waals surface area contributed by atoms with Crippen molar-refractivity contribution < 1.29 is 4.79 Å². The van der Waals surface area contributed by atoms with Gasteiger partial charge in [0.25, 0.3) is 5.56 Å². The second kappa shape index (κ2) is 9.02. The zero-order chi connectivity index (χ0) is 17.4. The van der Waals surface area contributed by atoms with Gasteiger partial charge in [0.05, 0.1) is 0 Å². The third kappa shape index (κ3) is 4.61. The number of hydrogen-bond acceptors (Lipinski definition) is 4. The van der Waals surface area contributed by atoms with Gasteiger partial charge in [0.2, 0.25) is 0 Å². The van der Waals surface area contributed by atoms with Crippen molar-refractivity contribution in [2.45, 2.75) is 53.0 Å². The number of hydrogen-bond donors (Lipinski definition) is 3. The number of unbranched alkanes of at least 4 members (excludes halogenated alkanes) is 1. The van der Waals surface area contributed by atoms with Crippen LogP contribution in [0.1, 0.15) is 46.5 Å². The number of amides is 2. The first-order chi connectivity index (χ1) is 11.0. The molecular formula is C15H27N5O3. The van der Waals surface area contributed by atoms with Gasteiger partial charge in [-0.15, -0.1) is 0 Å². The summed E-state index contributed by atoms with van der Waals surface area (Å²) in [4.78, 5) is 40.1. The molecule has 0 aromatic carbocycles. The molecule has 1 rings (SSSR count). The number of nitrogens with one attached hydrogen (secondary N) is 2. The molecule has 1 aromatic rings. The van der Waals surface area contributed by atoms with Crippen LogP contribution in [0.15, 0.2) is 9.59 Å². The summed E-state index contributed by atoms with van der Waals surface area (Å²) in [5.74, 6) is 0.0309. The Morgan fingerprint density at radius 1 is 1.22 bits per heavy atom. The van der Waals surface area contributed by atoms with Gasteiger partial charge in [-0.2, -0.15) is 0 Å². The monoisotopic (exact) mass is 325 g/mol. The minimum atomic E-state index is -0.636. The van der Waals surface area contributed by atoms with Crippen molar-refractivity contribution >= 4 is 17.5 Å². The molecular weight excluding hydrogens is 298 g/mol. The van der Waals surface area contributed by atoms with Crippen LogP contribution in [0.2, 0.25) is 0 Å². The van der Waals surface area contributed by atoms with Crippen LogP contribution in [0.3, 0.4) is 0 Å². The third-order valence-corrected chi connectivity index (χ3v) is 3.44. The fraction of sp³-hybridized carbons (Fsp3) is 0.667. The molecule has 0 aliphatic heterocycles. The number of H-pyrrole nitrogens is 1. The maximum atomic E-state index is 12.4. The number of nitrogens with two attached hydrogens (primary N) is 1. The van der Waals surface area contributed by atoms with Crippen LogP contribution in [0.4, 0.5) is 16.3 Å². The maximum Gasteiger partial charge on any atom is 0.330 e. The zero-order valence-corrected chi connectivity index (χ0v) is 14.1. The van der Waals surface area contributed by atoms with E-state index in [1.165, 1.54) is 9.47 Å². The number of carbonyl (C=O) groups is 1. The number of aromatic nitrogens is 2. The fourth-order valence-electron chi connectivity index (χ4n) is 2.24. The topological polar surface area (TPSA) is 113 Å². The molecule has 0 fully saturated rings. The summed E-state index contributed by atoms with van der Waals surface area (Å²) in [5.41, 5.74) is 4.88. The highest BCUT2D eigenvalue weighted by Gasteiger charge is 2.23. The van der Waals surface area contributed by atoms with E-state index in [4.69, 9.17) is 5.73 Å². The van der Waals surface area contributed by atoms with E-state index in [9.17, 15) is 14.4 Å². The van der Waals surface area contributed by atoms with Crippen molar-refractivity contribution in [1.29, 1.82) is 0 Å². The summed E-state index contributed by atoms with van der Waals surface area (Å²) in [5, 5.41) is 2.75. The van der Waals surface area contributed by atoms with Crippen molar-refractivity contribution in [2.24, 2.45) is 0 Å². The summed E-state index contributed by atoms with van der Waals surface area (Å²) in [7, 11) is 0. The second-order valence-corrected chi connectivity index (χ2v) is 5.38. The Labute approximate surface area is 135 Å². The molecule has 0 spiro atoms. The average Bonchev–Trinajstić information content (AvgIpc) is 2.52. The van der Waals surface area contributed by atoms with E-state index in [-0.39, 0.29) is 17.5 Å². The van der Waals surface area contributed by atoms with E-state index in [1.807, 2.05) is 20.8 Å². The minimum absolute atomic E-state index is 0.0309. The Kier molecular flexibility index (Phi) is 7.37. The van der Waals surface area contributed by atoms with Crippen LogP contribution in [0.5, 0.6) is 0 Å². The van der Waals surface area contributed by atoms with Crippen LogP contribution >= 0.6 is 0 Å². The van der Waals surface area contributed by atoms with Gasteiger partial charge in [-0.25, -0.2) is 9.59 Å². The highest BCUT2D eigenvalue weighted by atomic mass is 16.2. The lowest BCUT2D eigenvalue weighted by atomic mass is 10.3. The lowest BCUT2D eigenvalue weighted by Crippen LogP contribution is -2.46. The lowest BCUT2D eigenvalue weighted by Gasteiger charge is -2.24. The fourth-order valence-corrected chi connectivity index (χ4v) is 2.24. The molecule has 0 radical (unpaired) electrons. The number of urea groups is 1. The molecule has 8 heteroatoms. The molecule has 8 nitrogen and oxygen atoms in total. The molecule has 0 saturated carbocycles. The van der Waals surface area contributed by atoms with Gasteiger partial charge in [0, 0.05) is 19.6 Å². The second-order valence-electron chi connectivity index (χ2n) is 5.38. The number of anilines is 2. The Hall–Kier alpha value is -2.25. The van der Waals surface area contributed by atoms with Crippen LogP contribution in [0.25, 0.3) is 0 Å². The molecule has 1 aromatic heterocycles. The number of nitrogen functional groups attached to an aromatic ring is 1. The number of rotatable bonds is 8. The van der Waals surface area contributed by atoms with Gasteiger partial charge in [-0.05, 0) is 19.3 Å². The highest BCUT2D eigenvalue weighted by molar-refractivity contribution is 5.94. The molecule has 1 heterocycles. The molecule has 0 atom stereocenters. The normalized spacial score (nSPS) is 10.6. The van der Waals surface area contributed by atoms with Crippen LogP contribution < -0.4 is 27.2 Å². The highest BCUT2D eigenvalue weighted by Crippen LogP contribution is 2.17. The standard InChI is InChI=1S/C15H27N5O3/c1-4-7-10-19(14(22)17-8-5-2)11-12(16)20(9-6-3)15(23)18-13(11)21/h4-10,16H2,1-3H3,(H,17,22)(H,18,21,23). The Balaban J connectivity index is 3.34. The van der Waals surface area contributed by atoms with E-state index in [0.717, 1.165) is 19.3 Å². The summed E-state index contributed by atoms with van der Waals surface area (Å²) >= 11 is 0. The average molecular weight is 325 g/mol. The van der Waals surface area contributed by atoms with Gasteiger partial charge in [-0.1, -0.05) is 27.2 Å². The van der Waals surface area contributed by atoms with Gasteiger partial charge >= 0.3 is 11.7 Å². The van der Waals surface area contributed by atoms with Crippen molar-refractivity contribution in [3.05, 3.63) is 20.8 Å². The first kappa shape index (κ1) is 18.8. The summed E-state index contributed by atoms with van der Waals surface area (Å²) in [6, 6.07) is -0.376. The molecule has 0 aliphatic rings. The predicted octanol–water partition coefficient (Wildman–Crippen LogP) is 1.25. The zero-order valence-electron chi connectivity index (χ0n) is 14.1. The molecule has 0 aliphatic carbocycles. The van der Waals surface area contributed by atoms with E-state index < -0.39 is 11.2 Å². The van der Waals surface area contributed by atoms with Crippen molar-refractivity contribution in [3.8, 4) is 0 Å². The molecule has 0 saturated heterocycles. The first-order valence-corrected chi connectivity index (χ1v) is 8.15. The molecule has 0 bridgehead atoms. The molecule has 4 N–H and O–H groups in total. The van der Waals surface area contributed by atoms with Crippen molar-refractivity contribution in [1.82, 2.24) is 14.9 Å². The Morgan fingerprint density at radius 2 is 1.91 bits per heavy atom. The van der Waals surface area contributed by atoms with E-state index in [1.54, 1.807) is 0 Å². The van der Waals surface area contributed by atoms with E-state index in [0.29, 0.717) is 26.1 Å². The Morgan fingerprint density at radius 3 is 2.48 bits per heavy atom. The van der Waals surface area contributed by atoms with Crippen LogP contribution in [-0.4, -0.2) is 28.7 Å². The summed E-state index contributed by atoms with van der Waals surface area (Å²) < 4.78 is 1.29. The van der Waals surface area contributed by atoms with E-state index >= 15 is 0 Å². The van der Waals surface area contributed by atoms with E-state index in [2.05, 4.69) is 10.3 Å². The van der Waals surface area contributed by atoms with Gasteiger partial charge in [0.15, 0.2) is 5.69 Å². The van der Waals surface area contributed by atoms with Crippen molar-refractivity contribution in [3.63, 3.8) is 0 Å². The molecule has 23 heavy (non-hydrogen) atoms. The minimum Gasteiger partial charge on any atom is -0.383 e. The Bertz CT molecular complexity index is 635. The van der Waals surface area contributed by atoms with Crippen LogP contribution in [0, 0.1) is 0 Å². The SMILES string of the molecule is CCCCN(C(=O)NCCC)c1c(N)n(CCC)c(=O)[nH]c1=O. The molecule has 2 amide bonds. The van der Waals surface area contributed by atoms with Gasteiger partial charge in [-0.3, -0.25) is 19.2 Å². The number of carbonyl (C=O) groups excluding carboxylic acids is 1. The largest absolute Gasteiger partial charge is 0.383 e. The lowest BCUT2D eigenvalue weighted by molar-refractivity contribution is 0.246. The van der Waals surface area contributed by atoms with Crippen LogP contribution in [-0.2, 0) is 6.54 Å². The van der Waals surface area contributed by atoms with Crippen molar-refractivity contribution in [2.75, 3.05) is 23.7 Å². The summed E-state index contributed by atoms with van der Waals surface area (Å²) in [6.07, 6.45) is 3.07. The maximum absolute atomic E-state index is 12.4. The third-order valence-electron chi connectivity index (χ3n) is 3.44. The van der Waals surface area contributed by atoms with Gasteiger partial charge < -0.3 is 11.1 Å². The van der Waals surface area contributed by atoms with Gasteiger partial charge in [0.1, 0.15) is 5.82 Å².